The molecule has 1 aliphatic carbocycles. The van der Waals surface area contributed by atoms with E-state index in [2.05, 4.69) is 15.6 Å². The fraction of sp³-hybridized carbons (Fsp3) is 0.455. The van der Waals surface area contributed by atoms with Crippen molar-refractivity contribution in [3.8, 4) is 17.4 Å². The van der Waals surface area contributed by atoms with E-state index in [9.17, 15) is 4.79 Å². The molecule has 2 aliphatic rings. The molecule has 0 spiro atoms. The lowest BCUT2D eigenvalue weighted by Crippen LogP contribution is -2.42. The van der Waals surface area contributed by atoms with Gasteiger partial charge in [0.05, 0.1) is 13.2 Å². The van der Waals surface area contributed by atoms with E-state index in [1.54, 1.807) is 19.4 Å². The molecule has 1 aliphatic heterocycles. The number of aromatic nitrogens is 1. The molecule has 4 rings (SSSR count). The molecule has 8 heteroatoms. The summed E-state index contributed by atoms with van der Waals surface area (Å²) in [5, 5.41) is 6.58. The quantitative estimate of drug-likeness (QED) is 0.683. The van der Waals surface area contributed by atoms with Gasteiger partial charge in [0.15, 0.2) is 0 Å². The molecular formula is C22H29Cl2N3O3. The second-order valence-corrected chi connectivity index (χ2v) is 7.57. The van der Waals surface area contributed by atoms with E-state index in [-0.39, 0.29) is 36.8 Å². The first-order valence-corrected chi connectivity index (χ1v) is 10.0. The lowest BCUT2D eigenvalue weighted by Gasteiger charge is -2.24. The van der Waals surface area contributed by atoms with Crippen molar-refractivity contribution < 1.29 is 14.3 Å². The van der Waals surface area contributed by atoms with Crippen molar-refractivity contribution in [2.75, 3.05) is 7.11 Å². The summed E-state index contributed by atoms with van der Waals surface area (Å²) in [6, 6.07) is 11.6. The molecule has 30 heavy (non-hydrogen) atoms. The van der Waals surface area contributed by atoms with E-state index in [1.165, 1.54) is 25.7 Å². The Morgan fingerprint density at radius 2 is 1.97 bits per heavy atom. The number of rotatable bonds is 6. The minimum absolute atomic E-state index is 0. The number of benzene rings is 1. The number of carbonyl (C=O) groups is 1. The van der Waals surface area contributed by atoms with Crippen LogP contribution in [0.25, 0.3) is 0 Å². The average molecular weight is 454 g/mol. The van der Waals surface area contributed by atoms with Crippen LogP contribution in [0, 0.1) is 5.92 Å². The summed E-state index contributed by atoms with van der Waals surface area (Å²) in [4.78, 5) is 17.0. The molecule has 3 atom stereocenters. The largest absolute Gasteiger partial charge is 0.497 e. The Bertz CT molecular complexity index is 823. The molecule has 164 valence electrons. The summed E-state index contributed by atoms with van der Waals surface area (Å²) in [7, 11) is 1.62. The Morgan fingerprint density at radius 1 is 1.17 bits per heavy atom. The van der Waals surface area contributed by atoms with Crippen LogP contribution in [-0.2, 0) is 11.3 Å². The van der Waals surface area contributed by atoms with Crippen molar-refractivity contribution in [2.45, 2.75) is 50.7 Å². The van der Waals surface area contributed by atoms with Gasteiger partial charge in [0.25, 0.3) is 0 Å². The molecule has 0 radical (unpaired) electrons. The summed E-state index contributed by atoms with van der Waals surface area (Å²) in [5.74, 6) is 2.56. The van der Waals surface area contributed by atoms with Crippen molar-refractivity contribution in [3.05, 3.63) is 48.2 Å². The van der Waals surface area contributed by atoms with Gasteiger partial charge in [0.1, 0.15) is 11.5 Å². The van der Waals surface area contributed by atoms with E-state index in [0.29, 0.717) is 30.1 Å². The second kappa shape index (κ2) is 11.4. The van der Waals surface area contributed by atoms with Crippen LogP contribution in [0.2, 0.25) is 0 Å². The number of pyridine rings is 1. The molecule has 2 aromatic rings. The van der Waals surface area contributed by atoms with Gasteiger partial charge in [0.2, 0.25) is 11.8 Å². The molecule has 6 nitrogen and oxygen atoms in total. The summed E-state index contributed by atoms with van der Waals surface area (Å²) in [6.45, 7) is 0.388. The molecule has 1 amide bonds. The Balaban J connectivity index is 0.00000160. The highest BCUT2D eigenvalue weighted by atomic mass is 35.5. The van der Waals surface area contributed by atoms with E-state index in [4.69, 9.17) is 9.47 Å². The van der Waals surface area contributed by atoms with Gasteiger partial charge in [-0.05, 0) is 43.4 Å². The molecule has 1 saturated carbocycles. The van der Waals surface area contributed by atoms with Crippen LogP contribution >= 0.6 is 24.8 Å². The van der Waals surface area contributed by atoms with Crippen LogP contribution in [0.3, 0.4) is 0 Å². The molecule has 1 saturated heterocycles. The van der Waals surface area contributed by atoms with E-state index in [1.807, 2.05) is 30.3 Å². The topological polar surface area (TPSA) is 72.5 Å². The molecule has 2 fully saturated rings. The minimum atomic E-state index is -0.0903. The van der Waals surface area contributed by atoms with Crippen molar-refractivity contribution in [2.24, 2.45) is 5.92 Å². The lowest BCUT2D eigenvalue weighted by molar-refractivity contribution is -0.123. The van der Waals surface area contributed by atoms with E-state index < -0.39 is 0 Å². The molecule has 2 N–H and O–H groups in total. The SMILES string of the molecule is COc1cccc(Oc2ncccc2CNC(=O)C2CC3CCCCC3N2)c1.Cl.Cl. The van der Waals surface area contributed by atoms with Crippen molar-refractivity contribution in [1.82, 2.24) is 15.6 Å². The van der Waals surface area contributed by atoms with E-state index >= 15 is 0 Å². The fourth-order valence-corrected chi connectivity index (χ4v) is 4.25. The number of carbonyl (C=O) groups excluding carboxylic acids is 1. The number of halogens is 2. The zero-order chi connectivity index (χ0) is 19.3. The lowest BCUT2D eigenvalue weighted by atomic mass is 9.85. The first-order valence-electron chi connectivity index (χ1n) is 10.0. The number of ether oxygens (including phenoxy) is 2. The van der Waals surface area contributed by atoms with Gasteiger partial charge >= 0.3 is 0 Å². The molecule has 0 bridgehead atoms. The number of nitrogens with one attached hydrogen (secondary N) is 2. The highest BCUT2D eigenvalue weighted by molar-refractivity contribution is 5.85. The van der Waals surface area contributed by atoms with Gasteiger partial charge in [0, 0.05) is 30.4 Å². The number of hydrogen-bond donors (Lipinski definition) is 2. The van der Waals surface area contributed by atoms with Gasteiger partial charge in [-0.2, -0.15) is 0 Å². The highest BCUT2D eigenvalue weighted by Gasteiger charge is 2.38. The Kier molecular flexibility index (Phi) is 9.21. The Labute approximate surface area is 190 Å². The van der Waals surface area contributed by atoms with Crippen LogP contribution in [0.15, 0.2) is 42.6 Å². The third kappa shape index (κ3) is 5.78. The molecule has 1 aromatic heterocycles. The number of fused-ring (bicyclic) bond motifs is 1. The summed E-state index contributed by atoms with van der Waals surface area (Å²) >= 11 is 0. The summed E-state index contributed by atoms with van der Waals surface area (Å²) in [5.41, 5.74) is 0.842. The van der Waals surface area contributed by atoms with Crippen LogP contribution < -0.4 is 20.1 Å². The fourth-order valence-electron chi connectivity index (χ4n) is 4.25. The highest BCUT2D eigenvalue weighted by Crippen LogP contribution is 2.33. The van der Waals surface area contributed by atoms with Gasteiger partial charge in [-0.1, -0.05) is 25.0 Å². The minimum Gasteiger partial charge on any atom is -0.497 e. The average Bonchev–Trinajstić information content (AvgIpc) is 3.17. The number of nitrogens with zero attached hydrogens (tertiary/aromatic N) is 1. The third-order valence-electron chi connectivity index (χ3n) is 5.74. The molecule has 3 unspecified atom stereocenters. The second-order valence-electron chi connectivity index (χ2n) is 7.57. The maximum Gasteiger partial charge on any atom is 0.237 e. The van der Waals surface area contributed by atoms with Gasteiger partial charge in [-0.25, -0.2) is 4.98 Å². The normalized spacial score (nSPS) is 22.1. The predicted molar refractivity (Wildman–Crippen MR) is 121 cm³/mol. The predicted octanol–water partition coefficient (Wildman–Crippen LogP) is 4.26. The number of hydrogen-bond acceptors (Lipinski definition) is 5. The van der Waals surface area contributed by atoms with Crippen LogP contribution in [-0.4, -0.2) is 30.1 Å². The third-order valence-corrected chi connectivity index (χ3v) is 5.74. The van der Waals surface area contributed by atoms with Crippen LogP contribution in [0.5, 0.6) is 17.4 Å². The summed E-state index contributed by atoms with van der Waals surface area (Å²) < 4.78 is 11.2. The van der Waals surface area contributed by atoms with E-state index in [0.717, 1.165) is 17.7 Å². The van der Waals surface area contributed by atoms with Crippen molar-refractivity contribution in [3.63, 3.8) is 0 Å². The van der Waals surface area contributed by atoms with Crippen LogP contribution in [0.4, 0.5) is 0 Å². The Hall–Kier alpha value is -2.02. The van der Waals surface area contributed by atoms with Crippen molar-refractivity contribution >= 4 is 30.7 Å². The summed E-state index contributed by atoms with van der Waals surface area (Å²) in [6.07, 6.45) is 7.61. The van der Waals surface area contributed by atoms with Gasteiger partial charge < -0.3 is 20.1 Å². The smallest absolute Gasteiger partial charge is 0.237 e. The monoisotopic (exact) mass is 453 g/mol. The zero-order valence-corrected chi connectivity index (χ0v) is 18.6. The van der Waals surface area contributed by atoms with Crippen LogP contribution in [0.1, 0.15) is 37.7 Å². The molecular weight excluding hydrogens is 425 g/mol. The first kappa shape index (κ1) is 24.3. The Morgan fingerprint density at radius 3 is 2.77 bits per heavy atom. The van der Waals surface area contributed by atoms with Crippen molar-refractivity contribution in [1.29, 1.82) is 0 Å². The first-order chi connectivity index (χ1) is 13.7. The molecule has 2 heterocycles. The molecule has 1 aromatic carbocycles. The maximum absolute atomic E-state index is 12.7. The standard InChI is InChI=1S/C22H27N3O3.2ClH/c1-27-17-8-4-9-18(13-17)28-22-16(7-5-11-23-22)14-24-21(26)20-12-15-6-2-3-10-19(15)25-20;;/h4-5,7-9,11,13,15,19-20,25H,2-3,6,10,12,14H2,1H3,(H,24,26);2*1H. The van der Waals surface area contributed by atoms with Gasteiger partial charge in [-0.15, -0.1) is 24.8 Å². The number of amides is 1. The number of methoxy groups -OCH3 is 1. The zero-order valence-electron chi connectivity index (χ0n) is 17.0. The maximum atomic E-state index is 12.7. The van der Waals surface area contributed by atoms with Gasteiger partial charge in [-0.3, -0.25) is 4.79 Å².